The van der Waals surface area contributed by atoms with Gasteiger partial charge in [0.25, 0.3) is 5.91 Å². The lowest BCUT2D eigenvalue weighted by molar-refractivity contribution is -0.142. The maximum atomic E-state index is 13.4. The van der Waals surface area contributed by atoms with Crippen LogP contribution in [0, 0.1) is 5.41 Å². The van der Waals surface area contributed by atoms with Gasteiger partial charge in [-0.3, -0.25) is 9.79 Å². The molecule has 0 atom stereocenters. The van der Waals surface area contributed by atoms with Crippen molar-refractivity contribution in [2.24, 2.45) is 4.99 Å². The first-order valence-electron chi connectivity index (χ1n) is 11.4. The molecule has 0 bridgehead atoms. The Hall–Kier alpha value is -2.93. The molecule has 180 valence electrons. The minimum Gasteiger partial charge on any atom is -0.493 e. The van der Waals surface area contributed by atoms with Crippen molar-refractivity contribution < 1.29 is 19.0 Å². The van der Waals surface area contributed by atoms with Crippen LogP contribution >= 0.6 is 0 Å². The van der Waals surface area contributed by atoms with E-state index in [4.69, 9.17) is 19.6 Å². The smallest absolute Gasteiger partial charge is 0.272 e. The summed E-state index contributed by atoms with van der Waals surface area (Å²) in [5, 5.41) is 7.48. The highest BCUT2D eigenvalue weighted by atomic mass is 16.5. The molecule has 33 heavy (non-hydrogen) atoms. The number of carbonyl (C=O) groups excluding carboxylic acids is 1. The van der Waals surface area contributed by atoms with E-state index in [1.165, 1.54) is 6.21 Å². The molecule has 1 aliphatic rings. The van der Waals surface area contributed by atoms with E-state index in [0.29, 0.717) is 48.9 Å². The summed E-state index contributed by atoms with van der Waals surface area (Å²) in [6.07, 6.45) is 7.84. The van der Waals surface area contributed by atoms with Crippen LogP contribution in [-0.2, 0) is 16.0 Å². The fraction of sp³-hybridized carbons (Fsp3) is 0.500. The van der Waals surface area contributed by atoms with E-state index in [-0.39, 0.29) is 12.0 Å². The lowest BCUT2D eigenvalue weighted by atomic mass is 10.0. The third-order valence-electron chi connectivity index (χ3n) is 5.32. The summed E-state index contributed by atoms with van der Waals surface area (Å²) >= 11 is 0. The van der Waals surface area contributed by atoms with Crippen LogP contribution in [0.4, 0.5) is 0 Å². The predicted molar refractivity (Wildman–Crippen MR) is 133 cm³/mol. The Kier molecular flexibility index (Phi) is 9.85. The number of hydrogen-bond acceptors (Lipinski definition) is 6. The van der Waals surface area contributed by atoms with E-state index in [9.17, 15) is 4.79 Å². The molecule has 7 nitrogen and oxygen atoms in total. The van der Waals surface area contributed by atoms with Crippen molar-refractivity contribution in [2.45, 2.75) is 59.1 Å². The molecule has 1 fully saturated rings. The fourth-order valence-electron chi connectivity index (χ4n) is 3.50. The van der Waals surface area contributed by atoms with Gasteiger partial charge in [-0.15, -0.1) is 0 Å². The number of nitrogens with zero attached hydrogens (tertiary/aromatic N) is 2. The van der Waals surface area contributed by atoms with E-state index in [1.54, 1.807) is 19.4 Å². The fourth-order valence-corrected chi connectivity index (χ4v) is 3.50. The third-order valence-corrected chi connectivity index (χ3v) is 5.32. The third kappa shape index (κ3) is 7.56. The van der Waals surface area contributed by atoms with E-state index in [1.807, 2.05) is 63.8 Å². The van der Waals surface area contributed by atoms with Gasteiger partial charge >= 0.3 is 0 Å². The van der Waals surface area contributed by atoms with E-state index in [2.05, 4.69) is 4.99 Å². The van der Waals surface area contributed by atoms with E-state index < -0.39 is 5.54 Å². The Balaban J connectivity index is 2.23. The van der Waals surface area contributed by atoms with Crippen molar-refractivity contribution >= 4 is 18.3 Å². The van der Waals surface area contributed by atoms with Crippen molar-refractivity contribution in [3.63, 3.8) is 0 Å². The molecule has 1 amide bonds. The monoisotopic (exact) mass is 455 g/mol. The minimum atomic E-state index is -0.408. The molecule has 1 aromatic rings. The molecule has 1 aromatic carbocycles. The maximum absolute atomic E-state index is 13.4. The molecular weight excluding hydrogens is 418 g/mol. The van der Waals surface area contributed by atoms with Crippen LogP contribution in [0.2, 0.25) is 0 Å². The second-order valence-electron chi connectivity index (χ2n) is 8.79. The topological polar surface area (TPSA) is 84.2 Å². The SMILES string of the molecule is C\C=C(C=N)/C=N\C(=C\CCc1ccc(OC(C)C)c(OC)c1)C(=O)N1CCOCC1(C)C. The van der Waals surface area contributed by atoms with Gasteiger partial charge < -0.3 is 24.5 Å². The number of carbonyl (C=O) groups is 1. The van der Waals surface area contributed by atoms with Crippen molar-refractivity contribution in [2.75, 3.05) is 26.9 Å². The summed E-state index contributed by atoms with van der Waals surface area (Å²) in [6, 6.07) is 5.89. The van der Waals surface area contributed by atoms with Crippen molar-refractivity contribution in [3.8, 4) is 11.5 Å². The zero-order valence-corrected chi connectivity index (χ0v) is 20.7. The number of aryl methyl sites for hydroxylation is 1. The molecule has 0 unspecified atom stereocenters. The van der Waals surface area contributed by atoms with Gasteiger partial charge in [0.05, 0.1) is 32.0 Å². The number of benzene rings is 1. The van der Waals surface area contributed by atoms with Crippen molar-refractivity contribution in [3.05, 3.63) is 47.2 Å². The molecule has 2 rings (SSSR count). The number of hydrogen-bond donors (Lipinski definition) is 1. The number of rotatable bonds is 10. The first-order valence-corrected chi connectivity index (χ1v) is 11.4. The predicted octanol–water partition coefficient (Wildman–Crippen LogP) is 4.60. The number of amides is 1. The minimum absolute atomic E-state index is 0.0616. The van der Waals surface area contributed by atoms with Crippen LogP contribution in [-0.4, -0.2) is 61.7 Å². The first-order chi connectivity index (χ1) is 15.7. The zero-order valence-electron chi connectivity index (χ0n) is 20.7. The van der Waals surface area contributed by atoms with Crippen LogP contribution in [0.5, 0.6) is 11.5 Å². The lowest BCUT2D eigenvalue weighted by Gasteiger charge is -2.42. The summed E-state index contributed by atoms with van der Waals surface area (Å²) in [7, 11) is 1.63. The average Bonchev–Trinajstić information content (AvgIpc) is 2.78. The Morgan fingerprint density at radius 2 is 2.09 bits per heavy atom. The van der Waals surface area contributed by atoms with Gasteiger partial charge in [-0.05, 0) is 65.2 Å². The average molecular weight is 456 g/mol. The molecule has 1 N–H and O–H groups in total. The highest BCUT2D eigenvalue weighted by Gasteiger charge is 2.35. The largest absolute Gasteiger partial charge is 0.493 e. The molecule has 0 aromatic heterocycles. The van der Waals surface area contributed by atoms with Crippen LogP contribution in [0.1, 0.15) is 46.6 Å². The van der Waals surface area contributed by atoms with Gasteiger partial charge in [-0.2, -0.15) is 0 Å². The van der Waals surface area contributed by atoms with Crippen LogP contribution in [0.15, 0.2) is 46.6 Å². The van der Waals surface area contributed by atoms with Gasteiger partial charge in [0, 0.05) is 24.5 Å². The molecule has 0 aliphatic carbocycles. The molecule has 1 heterocycles. The number of allylic oxidation sites excluding steroid dienone is 3. The molecule has 0 spiro atoms. The Morgan fingerprint density at radius 3 is 2.70 bits per heavy atom. The Labute approximate surface area is 197 Å². The standard InChI is InChI=1S/C26H37N3O4/c1-7-20(16-27)17-28-22(25(30)29-13-14-32-18-26(29,4)5)10-8-9-21-11-12-23(33-19(2)3)24(15-21)31-6/h7,10-12,15-17,19,27H,8-9,13-14,18H2,1-6H3/b20-7-,22-10+,27-16?,28-17-. The molecule has 0 saturated carbocycles. The normalized spacial score (nSPS) is 16.9. The zero-order chi connectivity index (χ0) is 24.4. The Morgan fingerprint density at radius 1 is 1.33 bits per heavy atom. The van der Waals surface area contributed by atoms with Gasteiger partial charge in [0.15, 0.2) is 11.5 Å². The molecule has 1 saturated heterocycles. The molecule has 1 aliphatic heterocycles. The van der Waals surface area contributed by atoms with Crippen LogP contribution < -0.4 is 9.47 Å². The summed E-state index contributed by atoms with van der Waals surface area (Å²) in [5.41, 5.74) is 1.68. The summed E-state index contributed by atoms with van der Waals surface area (Å²) < 4.78 is 16.8. The summed E-state index contributed by atoms with van der Waals surface area (Å²) in [6.45, 7) is 11.3. The molecular formula is C26H37N3O4. The maximum Gasteiger partial charge on any atom is 0.272 e. The number of ether oxygens (including phenoxy) is 3. The lowest BCUT2D eigenvalue weighted by Crippen LogP contribution is -2.55. The second kappa shape index (κ2) is 12.3. The van der Waals surface area contributed by atoms with Gasteiger partial charge in [-0.25, -0.2) is 0 Å². The molecule has 7 heteroatoms. The van der Waals surface area contributed by atoms with Gasteiger partial charge in [0.2, 0.25) is 0 Å². The van der Waals surface area contributed by atoms with Gasteiger partial charge in [0.1, 0.15) is 5.70 Å². The number of nitrogens with one attached hydrogen (secondary N) is 1. The molecule has 0 radical (unpaired) electrons. The van der Waals surface area contributed by atoms with Crippen LogP contribution in [0.25, 0.3) is 0 Å². The highest BCUT2D eigenvalue weighted by Crippen LogP contribution is 2.29. The summed E-state index contributed by atoms with van der Waals surface area (Å²) in [4.78, 5) is 19.6. The Bertz CT molecular complexity index is 916. The van der Waals surface area contributed by atoms with Crippen molar-refractivity contribution in [1.29, 1.82) is 5.41 Å². The van der Waals surface area contributed by atoms with E-state index in [0.717, 1.165) is 12.0 Å². The number of morpholine rings is 1. The van der Waals surface area contributed by atoms with Crippen LogP contribution in [0.3, 0.4) is 0 Å². The highest BCUT2D eigenvalue weighted by molar-refractivity contribution is 6.05. The number of methoxy groups -OCH3 is 1. The first kappa shape index (κ1) is 26.3. The van der Waals surface area contributed by atoms with Crippen molar-refractivity contribution in [1.82, 2.24) is 4.90 Å². The summed E-state index contributed by atoms with van der Waals surface area (Å²) in [5.74, 6) is 1.28. The van der Waals surface area contributed by atoms with E-state index >= 15 is 0 Å². The van der Waals surface area contributed by atoms with Gasteiger partial charge in [-0.1, -0.05) is 18.2 Å². The second-order valence-corrected chi connectivity index (χ2v) is 8.79. The number of aliphatic imine (C=N–C) groups is 1. The quantitative estimate of drug-likeness (QED) is 0.413.